The van der Waals surface area contributed by atoms with Crippen LogP contribution < -0.4 is 0 Å². The van der Waals surface area contributed by atoms with Gasteiger partial charge in [-0.25, -0.2) is 0 Å². The van der Waals surface area contributed by atoms with Gasteiger partial charge < -0.3 is 4.42 Å². The summed E-state index contributed by atoms with van der Waals surface area (Å²) in [5.74, 6) is 0.922. The van der Waals surface area contributed by atoms with Crippen molar-refractivity contribution in [2.75, 3.05) is 0 Å². The van der Waals surface area contributed by atoms with E-state index in [1.165, 1.54) is 33.0 Å². The maximum atomic E-state index is 5.93. The van der Waals surface area contributed by atoms with Crippen LogP contribution in [-0.4, -0.2) is 0 Å². The second kappa shape index (κ2) is 5.38. The summed E-state index contributed by atoms with van der Waals surface area (Å²) in [4.78, 5) is 0. The molecule has 0 aliphatic carbocycles. The number of furan rings is 1. The van der Waals surface area contributed by atoms with E-state index >= 15 is 0 Å². The number of fused-ring (bicyclic) bond motifs is 3. The van der Waals surface area contributed by atoms with Crippen LogP contribution in [0.25, 0.3) is 38.9 Å². The van der Waals surface area contributed by atoms with Gasteiger partial charge in [-0.05, 0) is 65.9 Å². The van der Waals surface area contributed by atoms with Gasteiger partial charge in [0.25, 0.3) is 0 Å². The second-order valence-corrected chi connectivity index (χ2v) is 6.42. The molecule has 0 amide bonds. The monoisotopic (exact) mass is 312 g/mol. The van der Waals surface area contributed by atoms with E-state index in [4.69, 9.17) is 4.42 Å². The number of hydrogen-bond acceptors (Lipinski definition) is 1. The Morgan fingerprint density at radius 1 is 0.875 bits per heavy atom. The Balaban J connectivity index is 2.14. The van der Waals surface area contributed by atoms with E-state index in [-0.39, 0.29) is 0 Å². The molecule has 1 aromatic heterocycles. The average molecular weight is 312 g/mol. The Morgan fingerprint density at radius 2 is 1.67 bits per heavy atom. The molecule has 0 unspecified atom stereocenters. The molecule has 118 valence electrons. The molecule has 24 heavy (non-hydrogen) atoms. The predicted octanol–water partition coefficient (Wildman–Crippen LogP) is 6.82. The summed E-state index contributed by atoms with van der Waals surface area (Å²) in [6.07, 6.45) is 1.90. The molecule has 0 N–H and O–H groups in total. The first kappa shape index (κ1) is 14.8. The summed E-state index contributed by atoms with van der Waals surface area (Å²) in [6, 6.07) is 17.3. The Bertz CT molecular complexity index is 1100. The van der Waals surface area contributed by atoms with Gasteiger partial charge in [-0.3, -0.25) is 0 Å². The summed E-state index contributed by atoms with van der Waals surface area (Å²) in [5, 5.41) is 3.62. The molecule has 1 nitrogen and oxygen atoms in total. The van der Waals surface area contributed by atoms with Crippen LogP contribution in [0.15, 0.2) is 59.5 Å². The first-order valence-electron chi connectivity index (χ1n) is 8.25. The third-order valence-corrected chi connectivity index (χ3v) is 4.88. The molecule has 0 saturated carbocycles. The van der Waals surface area contributed by atoms with Gasteiger partial charge in [0.2, 0.25) is 0 Å². The lowest BCUT2D eigenvalue weighted by molar-refractivity contribution is 0.577. The quantitative estimate of drug-likeness (QED) is 0.396. The van der Waals surface area contributed by atoms with Crippen molar-refractivity contribution in [3.63, 3.8) is 0 Å². The highest BCUT2D eigenvalue weighted by atomic mass is 16.3. The topological polar surface area (TPSA) is 13.1 Å². The van der Waals surface area contributed by atoms with Crippen LogP contribution in [0, 0.1) is 20.8 Å². The van der Waals surface area contributed by atoms with E-state index in [0.29, 0.717) is 0 Å². The Kier molecular flexibility index (Phi) is 3.31. The molecule has 0 fully saturated rings. The van der Waals surface area contributed by atoms with E-state index in [1.54, 1.807) is 0 Å². The molecule has 3 aromatic carbocycles. The van der Waals surface area contributed by atoms with E-state index in [1.807, 2.05) is 13.0 Å². The molecule has 0 radical (unpaired) electrons. The van der Waals surface area contributed by atoms with Gasteiger partial charge in [0.05, 0.1) is 0 Å². The van der Waals surface area contributed by atoms with Gasteiger partial charge in [-0.1, -0.05) is 49.1 Å². The minimum Gasteiger partial charge on any atom is -0.461 e. The van der Waals surface area contributed by atoms with E-state index in [9.17, 15) is 0 Å². The lowest BCUT2D eigenvalue weighted by atomic mass is 9.92. The fourth-order valence-corrected chi connectivity index (χ4v) is 3.64. The fourth-order valence-electron chi connectivity index (χ4n) is 3.64. The molecular formula is C23H20O. The Morgan fingerprint density at radius 3 is 2.42 bits per heavy atom. The summed E-state index contributed by atoms with van der Waals surface area (Å²) >= 11 is 0. The smallest absolute Gasteiger partial charge is 0.135 e. The maximum absolute atomic E-state index is 5.93. The molecule has 0 bridgehead atoms. The van der Waals surface area contributed by atoms with E-state index < -0.39 is 0 Å². The molecule has 4 aromatic rings. The number of aryl methyl sites for hydroxylation is 3. The van der Waals surface area contributed by atoms with E-state index in [2.05, 4.69) is 69.0 Å². The van der Waals surface area contributed by atoms with Gasteiger partial charge in [0.15, 0.2) is 0 Å². The number of hydrogen-bond donors (Lipinski definition) is 0. The summed E-state index contributed by atoms with van der Waals surface area (Å²) in [5.41, 5.74) is 7.16. The van der Waals surface area contributed by atoms with Gasteiger partial charge in [0, 0.05) is 10.9 Å². The first-order chi connectivity index (χ1) is 11.6. The van der Waals surface area contributed by atoms with Gasteiger partial charge in [0.1, 0.15) is 11.3 Å². The third kappa shape index (κ3) is 2.09. The van der Waals surface area contributed by atoms with Crippen LogP contribution >= 0.6 is 0 Å². The highest BCUT2D eigenvalue weighted by Gasteiger charge is 2.14. The largest absolute Gasteiger partial charge is 0.461 e. The van der Waals surface area contributed by atoms with Gasteiger partial charge in [-0.15, -0.1) is 0 Å². The van der Waals surface area contributed by atoms with E-state index in [0.717, 1.165) is 22.3 Å². The minimum absolute atomic E-state index is 0.922. The van der Waals surface area contributed by atoms with Gasteiger partial charge in [-0.2, -0.15) is 0 Å². The minimum atomic E-state index is 0.922. The van der Waals surface area contributed by atoms with Crippen LogP contribution in [0.2, 0.25) is 0 Å². The van der Waals surface area contributed by atoms with Crippen molar-refractivity contribution in [1.29, 1.82) is 0 Å². The number of benzene rings is 3. The average Bonchev–Trinajstić information content (AvgIpc) is 2.90. The van der Waals surface area contributed by atoms with Crippen LogP contribution in [0.1, 0.15) is 22.5 Å². The van der Waals surface area contributed by atoms with Crippen molar-refractivity contribution in [3.8, 4) is 11.1 Å². The molecule has 0 spiro atoms. The Labute approximate surface area is 142 Å². The molecule has 0 aliphatic heterocycles. The van der Waals surface area contributed by atoms with Crippen molar-refractivity contribution in [2.24, 2.45) is 0 Å². The summed E-state index contributed by atoms with van der Waals surface area (Å²) < 4.78 is 5.93. The maximum Gasteiger partial charge on any atom is 0.135 e. The van der Waals surface area contributed by atoms with Gasteiger partial charge >= 0.3 is 0 Å². The zero-order valence-electron chi connectivity index (χ0n) is 14.3. The normalized spacial score (nSPS) is 11.3. The first-order valence-corrected chi connectivity index (χ1v) is 8.25. The summed E-state index contributed by atoms with van der Waals surface area (Å²) in [6.45, 7) is 10.3. The molecule has 0 aliphatic rings. The highest BCUT2D eigenvalue weighted by Crippen LogP contribution is 2.37. The zero-order chi connectivity index (χ0) is 16.8. The highest BCUT2D eigenvalue weighted by molar-refractivity contribution is 6.11. The Hall–Kier alpha value is -2.80. The van der Waals surface area contributed by atoms with Crippen molar-refractivity contribution in [2.45, 2.75) is 20.8 Å². The van der Waals surface area contributed by atoms with Crippen LogP contribution in [-0.2, 0) is 0 Å². The zero-order valence-corrected chi connectivity index (χ0v) is 14.3. The second-order valence-electron chi connectivity index (χ2n) is 6.42. The SMILES string of the molecule is C=Cc1c(C)oc2ccc3cc(C)c(-c4ccccc4C)cc3c12. The molecular weight excluding hydrogens is 292 g/mol. The molecule has 0 saturated heterocycles. The third-order valence-electron chi connectivity index (χ3n) is 4.88. The van der Waals surface area contributed by atoms with Crippen molar-refractivity contribution < 1.29 is 4.42 Å². The lowest BCUT2D eigenvalue weighted by Crippen LogP contribution is -1.88. The molecule has 0 atom stereocenters. The fraction of sp³-hybridized carbons (Fsp3) is 0.130. The lowest BCUT2D eigenvalue weighted by Gasteiger charge is -2.12. The summed E-state index contributed by atoms with van der Waals surface area (Å²) in [7, 11) is 0. The van der Waals surface area contributed by atoms with Crippen molar-refractivity contribution >= 4 is 27.8 Å². The predicted molar refractivity (Wildman–Crippen MR) is 103 cm³/mol. The van der Waals surface area contributed by atoms with Crippen LogP contribution in [0.4, 0.5) is 0 Å². The van der Waals surface area contributed by atoms with Crippen LogP contribution in [0.5, 0.6) is 0 Å². The van der Waals surface area contributed by atoms with Crippen LogP contribution in [0.3, 0.4) is 0 Å². The molecule has 1 heteroatoms. The number of rotatable bonds is 2. The standard InChI is InChI=1S/C23H20O/c1-5-18-16(4)24-22-11-10-17-12-15(3)20(13-21(17)23(18)22)19-9-7-6-8-14(19)2/h5-13H,1H2,2-4H3. The molecule has 1 heterocycles. The van der Waals surface area contributed by atoms with Crippen molar-refractivity contribution in [1.82, 2.24) is 0 Å². The molecule has 4 rings (SSSR count). The van der Waals surface area contributed by atoms with Crippen molar-refractivity contribution in [3.05, 3.63) is 77.6 Å².